The van der Waals surface area contributed by atoms with E-state index in [9.17, 15) is 4.79 Å². The van der Waals surface area contributed by atoms with Crippen molar-refractivity contribution in [1.29, 1.82) is 0 Å². The maximum absolute atomic E-state index is 12.3. The van der Waals surface area contributed by atoms with E-state index in [1.165, 1.54) is 0 Å². The molecule has 1 amide bonds. The Hall–Kier alpha value is -1.84. The molecule has 0 saturated heterocycles. The van der Waals surface area contributed by atoms with Gasteiger partial charge in [0.25, 0.3) is 5.91 Å². The number of carbonyl (C=O) groups excluding carboxylic acids is 1. The van der Waals surface area contributed by atoms with Crippen LogP contribution in [0.25, 0.3) is 11.1 Å². The van der Waals surface area contributed by atoms with Gasteiger partial charge in [0.15, 0.2) is 0 Å². The Morgan fingerprint density at radius 2 is 1.77 bits per heavy atom. The lowest BCUT2D eigenvalue weighted by Crippen LogP contribution is -2.37. The molecule has 0 fully saturated rings. The molecule has 0 aliphatic heterocycles. The number of halogens is 1. The molecule has 1 atom stereocenters. The van der Waals surface area contributed by atoms with E-state index in [1.54, 1.807) is 11.9 Å². The highest BCUT2D eigenvalue weighted by Crippen LogP contribution is 2.25. The van der Waals surface area contributed by atoms with Crippen molar-refractivity contribution in [3.63, 3.8) is 0 Å². The number of benzene rings is 2. The summed E-state index contributed by atoms with van der Waals surface area (Å²) in [7, 11) is 1.69. The largest absolute Gasteiger partial charge is 0.394 e. The minimum absolute atomic E-state index is 0.0512. The van der Waals surface area contributed by atoms with Crippen molar-refractivity contribution in [1.82, 2.24) is 4.90 Å². The van der Waals surface area contributed by atoms with Crippen LogP contribution < -0.4 is 0 Å². The quantitative estimate of drug-likeness (QED) is 0.932. The fraction of sp³-hybridized carbons (Fsp3) is 0.278. The van der Waals surface area contributed by atoms with Crippen LogP contribution in [0.2, 0.25) is 5.02 Å². The maximum Gasteiger partial charge on any atom is 0.253 e. The number of aliphatic hydroxyl groups excluding tert-OH is 1. The predicted molar refractivity (Wildman–Crippen MR) is 90.3 cm³/mol. The third kappa shape index (κ3) is 3.49. The van der Waals surface area contributed by atoms with Crippen LogP contribution in [0.1, 0.15) is 22.8 Å². The van der Waals surface area contributed by atoms with E-state index in [2.05, 4.69) is 0 Å². The molecule has 2 rings (SSSR count). The lowest BCUT2D eigenvalue weighted by atomic mass is 10.0. The van der Waals surface area contributed by atoms with Gasteiger partial charge in [-0.1, -0.05) is 29.8 Å². The Kier molecular flexibility index (Phi) is 5.22. The first kappa shape index (κ1) is 16.5. The monoisotopic (exact) mass is 317 g/mol. The van der Waals surface area contributed by atoms with Crippen molar-refractivity contribution in [3.05, 3.63) is 58.6 Å². The number of nitrogens with zero attached hydrogens (tertiary/aromatic N) is 1. The second-order valence-electron chi connectivity index (χ2n) is 5.49. The fourth-order valence-corrected chi connectivity index (χ4v) is 2.27. The molecule has 0 aromatic heterocycles. The number of amides is 1. The first-order valence-electron chi connectivity index (χ1n) is 7.18. The minimum Gasteiger partial charge on any atom is -0.394 e. The molecular formula is C18H20ClNO2. The Bertz CT molecular complexity index is 667. The average molecular weight is 318 g/mol. The summed E-state index contributed by atoms with van der Waals surface area (Å²) >= 11 is 6.04. The van der Waals surface area contributed by atoms with Crippen molar-refractivity contribution in [2.45, 2.75) is 19.9 Å². The highest BCUT2D eigenvalue weighted by molar-refractivity contribution is 6.31. The van der Waals surface area contributed by atoms with Gasteiger partial charge in [-0.05, 0) is 54.8 Å². The Balaban J connectivity index is 2.23. The Morgan fingerprint density at radius 3 is 2.32 bits per heavy atom. The van der Waals surface area contributed by atoms with E-state index in [-0.39, 0.29) is 18.6 Å². The number of likely N-dealkylation sites (N-methyl/N-ethyl adjacent to an activating group) is 1. The lowest BCUT2D eigenvalue weighted by Gasteiger charge is -2.23. The summed E-state index contributed by atoms with van der Waals surface area (Å²) in [6, 6.07) is 13.1. The Labute approximate surface area is 136 Å². The van der Waals surface area contributed by atoms with Gasteiger partial charge in [0.2, 0.25) is 0 Å². The summed E-state index contributed by atoms with van der Waals surface area (Å²) in [5.74, 6) is -0.0969. The van der Waals surface area contributed by atoms with Gasteiger partial charge in [0, 0.05) is 17.6 Å². The van der Waals surface area contributed by atoms with Gasteiger partial charge in [-0.25, -0.2) is 0 Å². The van der Waals surface area contributed by atoms with Crippen LogP contribution in [0, 0.1) is 6.92 Å². The highest BCUT2D eigenvalue weighted by Gasteiger charge is 2.16. The SMILES string of the molecule is Cc1cc(-c2ccc(C(=O)N(C)C(C)CO)cc2)ccc1Cl. The smallest absolute Gasteiger partial charge is 0.253 e. The first-order valence-corrected chi connectivity index (χ1v) is 7.56. The molecular weight excluding hydrogens is 298 g/mol. The minimum atomic E-state index is -0.203. The molecule has 22 heavy (non-hydrogen) atoms. The number of hydrogen-bond donors (Lipinski definition) is 1. The van der Waals surface area contributed by atoms with Crippen LogP contribution in [0.15, 0.2) is 42.5 Å². The Morgan fingerprint density at radius 1 is 1.18 bits per heavy atom. The zero-order valence-electron chi connectivity index (χ0n) is 13.0. The summed E-state index contributed by atoms with van der Waals surface area (Å²) in [5.41, 5.74) is 3.74. The zero-order valence-corrected chi connectivity index (χ0v) is 13.8. The molecule has 0 aliphatic rings. The molecule has 0 radical (unpaired) electrons. The van der Waals surface area contributed by atoms with E-state index in [0.29, 0.717) is 5.56 Å². The van der Waals surface area contributed by atoms with Crippen LogP contribution in [0.5, 0.6) is 0 Å². The third-order valence-corrected chi connectivity index (χ3v) is 4.29. The maximum atomic E-state index is 12.3. The molecule has 0 aliphatic carbocycles. The molecule has 0 heterocycles. The van der Waals surface area contributed by atoms with E-state index < -0.39 is 0 Å². The summed E-state index contributed by atoms with van der Waals surface area (Å²) in [5, 5.41) is 9.88. The van der Waals surface area contributed by atoms with E-state index in [0.717, 1.165) is 21.7 Å². The molecule has 0 saturated carbocycles. The number of aliphatic hydroxyl groups is 1. The van der Waals surface area contributed by atoms with E-state index >= 15 is 0 Å². The van der Waals surface area contributed by atoms with Crippen LogP contribution >= 0.6 is 11.6 Å². The topological polar surface area (TPSA) is 40.5 Å². The van der Waals surface area contributed by atoms with Crippen LogP contribution in [-0.4, -0.2) is 35.6 Å². The molecule has 2 aromatic rings. The van der Waals surface area contributed by atoms with Gasteiger partial charge in [0.1, 0.15) is 0 Å². The summed E-state index contributed by atoms with van der Waals surface area (Å²) in [6.45, 7) is 3.72. The van der Waals surface area contributed by atoms with Gasteiger partial charge in [-0.15, -0.1) is 0 Å². The van der Waals surface area contributed by atoms with Gasteiger partial charge in [0.05, 0.1) is 12.6 Å². The zero-order chi connectivity index (χ0) is 16.3. The average Bonchev–Trinajstić information content (AvgIpc) is 2.55. The normalized spacial score (nSPS) is 12.0. The van der Waals surface area contributed by atoms with Gasteiger partial charge < -0.3 is 10.0 Å². The molecule has 1 N–H and O–H groups in total. The number of aryl methyl sites for hydroxylation is 1. The standard InChI is InChI=1S/C18H20ClNO2/c1-12-10-16(8-9-17(12)19)14-4-6-15(7-5-14)18(22)20(3)13(2)11-21/h4-10,13,21H,11H2,1-3H3. The van der Waals surface area contributed by atoms with Gasteiger partial charge in [-0.2, -0.15) is 0 Å². The highest BCUT2D eigenvalue weighted by atomic mass is 35.5. The number of carbonyl (C=O) groups is 1. The molecule has 4 heteroatoms. The van der Waals surface area contributed by atoms with Crippen molar-refractivity contribution >= 4 is 17.5 Å². The van der Waals surface area contributed by atoms with E-state index in [1.807, 2.05) is 56.3 Å². The molecule has 3 nitrogen and oxygen atoms in total. The summed E-state index contributed by atoms with van der Waals surface area (Å²) in [4.78, 5) is 13.8. The van der Waals surface area contributed by atoms with E-state index in [4.69, 9.17) is 16.7 Å². The van der Waals surface area contributed by atoms with Crippen molar-refractivity contribution in [2.75, 3.05) is 13.7 Å². The third-order valence-electron chi connectivity index (χ3n) is 3.87. The second-order valence-corrected chi connectivity index (χ2v) is 5.90. The lowest BCUT2D eigenvalue weighted by molar-refractivity contribution is 0.0682. The molecule has 116 valence electrons. The predicted octanol–water partition coefficient (Wildman–Crippen LogP) is 3.77. The second kappa shape index (κ2) is 6.95. The molecule has 0 spiro atoms. The van der Waals surface area contributed by atoms with Crippen LogP contribution in [-0.2, 0) is 0 Å². The van der Waals surface area contributed by atoms with Crippen molar-refractivity contribution in [2.24, 2.45) is 0 Å². The first-order chi connectivity index (χ1) is 10.4. The van der Waals surface area contributed by atoms with Crippen LogP contribution in [0.3, 0.4) is 0 Å². The molecule has 0 bridgehead atoms. The van der Waals surface area contributed by atoms with Gasteiger partial charge >= 0.3 is 0 Å². The van der Waals surface area contributed by atoms with Gasteiger partial charge in [-0.3, -0.25) is 4.79 Å². The fourth-order valence-electron chi connectivity index (χ4n) is 2.16. The van der Waals surface area contributed by atoms with Crippen molar-refractivity contribution in [3.8, 4) is 11.1 Å². The number of hydrogen-bond acceptors (Lipinski definition) is 2. The summed E-state index contributed by atoms with van der Waals surface area (Å²) < 4.78 is 0. The summed E-state index contributed by atoms with van der Waals surface area (Å²) in [6.07, 6.45) is 0. The molecule has 2 aromatic carbocycles. The number of rotatable bonds is 4. The molecule has 1 unspecified atom stereocenters. The van der Waals surface area contributed by atoms with Crippen molar-refractivity contribution < 1.29 is 9.90 Å². The van der Waals surface area contributed by atoms with Crippen LogP contribution in [0.4, 0.5) is 0 Å².